The molecule has 0 saturated heterocycles. The summed E-state index contributed by atoms with van der Waals surface area (Å²) in [7, 11) is 2.91. The fourth-order valence-electron chi connectivity index (χ4n) is 3.26. The van der Waals surface area contributed by atoms with Crippen LogP contribution in [0.1, 0.15) is 43.0 Å². The number of carbonyl (C=O) groups is 2. The van der Waals surface area contributed by atoms with Crippen molar-refractivity contribution in [1.29, 1.82) is 0 Å². The van der Waals surface area contributed by atoms with Crippen LogP contribution in [0, 0.1) is 0 Å². The lowest BCUT2D eigenvalue weighted by Gasteiger charge is -2.08. The zero-order valence-electron chi connectivity index (χ0n) is 17.3. The minimum Gasteiger partial charge on any atom is -0.326 e. The van der Waals surface area contributed by atoms with E-state index in [4.69, 9.17) is 0 Å². The molecule has 0 fully saturated rings. The molecule has 0 saturated carbocycles. The first-order valence-electron chi connectivity index (χ1n) is 9.87. The molecule has 0 radical (unpaired) electrons. The quantitative estimate of drug-likeness (QED) is 0.449. The largest absolute Gasteiger partial charge is 0.332 e. The second-order valence-electron chi connectivity index (χ2n) is 7.26. The fraction of sp³-hybridized carbons (Fsp3) is 0.381. The Morgan fingerprint density at radius 1 is 1.03 bits per heavy atom. The van der Waals surface area contributed by atoms with Crippen LogP contribution in [0.25, 0.3) is 11.2 Å². The van der Waals surface area contributed by atoms with Crippen molar-refractivity contribution in [2.24, 2.45) is 14.1 Å². The van der Waals surface area contributed by atoms with Crippen LogP contribution in [0.4, 0.5) is 5.69 Å². The molecule has 9 nitrogen and oxygen atoms in total. The van der Waals surface area contributed by atoms with Crippen molar-refractivity contribution in [3.63, 3.8) is 0 Å². The molecule has 30 heavy (non-hydrogen) atoms. The van der Waals surface area contributed by atoms with Gasteiger partial charge in [0.25, 0.3) is 5.56 Å². The van der Waals surface area contributed by atoms with Crippen molar-refractivity contribution < 1.29 is 9.59 Å². The SMILES string of the molecule is CCCCCC(=O)Nc1ccc(C(=O)Cn2cnc3c2c(=O)n(C)c(=O)n3C)cc1. The summed E-state index contributed by atoms with van der Waals surface area (Å²) in [5, 5.41) is 2.82. The van der Waals surface area contributed by atoms with Crippen LogP contribution < -0.4 is 16.6 Å². The Balaban J connectivity index is 1.75. The van der Waals surface area contributed by atoms with Gasteiger partial charge in [-0.1, -0.05) is 19.8 Å². The number of benzene rings is 1. The van der Waals surface area contributed by atoms with Crippen molar-refractivity contribution in [2.75, 3.05) is 5.32 Å². The molecule has 1 amide bonds. The van der Waals surface area contributed by atoms with Crippen LogP contribution in [-0.4, -0.2) is 30.4 Å². The van der Waals surface area contributed by atoms with Crippen LogP contribution in [-0.2, 0) is 25.4 Å². The van der Waals surface area contributed by atoms with Crippen molar-refractivity contribution in [1.82, 2.24) is 18.7 Å². The van der Waals surface area contributed by atoms with Crippen molar-refractivity contribution >= 4 is 28.5 Å². The Morgan fingerprint density at radius 3 is 2.40 bits per heavy atom. The summed E-state index contributed by atoms with van der Waals surface area (Å²) in [6, 6.07) is 6.63. The lowest BCUT2D eigenvalue weighted by Crippen LogP contribution is -2.37. The number of nitrogens with zero attached hydrogens (tertiary/aromatic N) is 4. The van der Waals surface area contributed by atoms with Crippen LogP contribution in [0.5, 0.6) is 0 Å². The van der Waals surface area contributed by atoms with E-state index >= 15 is 0 Å². The van der Waals surface area contributed by atoms with E-state index in [1.807, 2.05) is 0 Å². The Hall–Kier alpha value is -3.49. The first-order valence-corrected chi connectivity index (χ1v) is 9.87. The number of carbonyl (C=O) groups excluding carboxylic acids is 2. The maximum atomic E-state index is 12.7. The molecule has 9 heteroatoms. The lowest BCUT2D eigenvalue weighted by atomic mass is 10.1. The minimum atomic E-state index is -0.500. The predicted molar refractivity (Wildman–Crippen MR) is 114 cm³/mol. The number of aryl methyl sites for hydroxylation is 1. The number of nitrogens with one attached hydrogen (secondary N) is 1. The molecule has 0 atom stereocenters. The third-order valence-corrected chi connectivity index (χ3v) is 5.03. The molecule has 3 aromatic rings. The number of ketones is 1. The van der Waals surface area contributed by atoms with Gasteiger partial charge < -0.3 is 9.88 Å². The molecule has 0 aliphatic rings. The average Bonchev–Trinajstić information content (AvgIpc) is 3.15. The molecule has 1 N–H and O–H groups in total. The zero-order chi connectivity index (χ0) is 21.8. The smallest absolute Gasteiger partial charge is 0.326 e. The Kier molecular flexibility index (Phi) is 6.29. The van der Waals surface area contributed by atoms with E-state index < -0.39 is 11.2 Å². The minimum absolute atomic E-state index is 0.0473. The van der Waals surface area contributed by atoms with Gasteiger partial charge in [-0.3, -0.25) is 23.5 Å². The fourth-order valence-corrected chi connectivity index (χ4v) is 3.26. The van der Waals surface area contributed by atoms with Gasteiger partial charge in [0.05, 0.1) is 12.9 Å². The topological polar surface area (TPSA) is 108 Å². The summed E-state index contributed by atoms with van der Waals surface area (Å²) in [5.74, 6) is -0.264. The van der Waals surface area contributed by atoms with Crippen LogP contribution >= 0.6 is 0 Å². The second kappa shape index (κ2) is 8.89. The number of unbranched alkanes of at least 4 members (excludes halogenated alkanes) is 2. The summed E-state index contributed by atoms with van der Waals surface area (Å²) >= 11 is 0. The second-order valence-corrected chi connectivity index (χ2v) is 7.26. The number of imidazole rings is 1. The summed E-state index contributed by atoms with van der Waals surface area (Å²) in [6.07, 6.45) is 4.77. The highest BCUT2D eigenvalue weighted by Gasteiger charge is 2.16. The molecule has 0 bridgehead atoms. The number of amides is 1. The van der Waals surface area contributed by atoms with Gasteiger partial charge >= 0.3 is 5.69 Å². The standard InChI is InChI=1S/C21H25N5O4/c1-4-5-6-7-17(28)23-15-10-8-14(9-11-15)16(27)12-26-13-22-19-18(26)20(29)25(3)21(30)24(19)2/h8-11,13H,4-7,12H2,1-3H3,(H,23,28). The van der Waals surface area contributed by atoms with Crippen LogP contribution in [0.15, 0.2) is 40.2 Å². The summed E-state index contributed by atoms with van der Waals surface area (Å²) in [6.45, 7) is 1.99. The molecule has 0 aliphatic carbocycles. The van der Waals surface area contributed by atoms with E-state index in [9.17, 15) is 19.2 Å². The number of aromatic nitrogens is 4. The van der Waals surface area contributed by atoms with Gasteiger partial charge in [-0.15, -0.1) is 0 Å². The normalized spacial score (nSPS) is 11.0. The molecule has 0 unspecified atom stereocenters. The first kappa shape index (κ1) is 21.2. The highest BCUT2D eigenvalue weighted by Crippen LogP contribution is 2.13. The van der Waals surface area contributed by atoms with Gasteiger partial charge in [0.1, 0.15) is 0 Å². The summed E-state index contributed by atoms with van der Waals surface area (Å²) < 4.78 is 3.71. The first-order chi connectivity index (χ1) is 14.3. The van der Waals surface area contributed by atoms with Gasteiger partial charge in [-0.25, -0.2) is 9.78 Å². The van der Waals surface area contributed by atoms with Crippen molar-refractivity contribution in [2.45, 2.75) is 39.2 Å². The third kappa shape index (κ3) is 4.24. The third-order valence-electron chi connectivity index (χ3n) is 5.03. The molecule has 158 valence electrons. The number of fused-ring (bicyclic) bond motifs is 1. The van der Waals surface area contributed by atoms with Crippen LogP contribution in [0.2, 0.25) is 0 Å². The van der Waals surface area contributed by atoms with Gasteiger partial charge in [0.2, 0.25) is 5.91 Å². The van der Waals surface area contributed by atoms with Gasteiger partial charge in [0.15, 0.2) is 16.9 Å². The van der Waals surface area contributed by atoms with Crippen molar-refractivity contribution in [3.8, 4) is 0 Å². The highest BCUT2D eigenvalue weighted by molar-refractivity contribution is 5.97. The maximum Gasteiger partial charge on any atom is 0.332 e. The number of hydrogen-bond acceptors (Lipinski definition) is 5. The predicted octanol–water partition coefficient (Wildman–Crippen LogP) is 1.84. The molecular weight excluding hydrogens is 386 g/mol. The molecule has 0 aliphatic heterocycles. The van der Waals surface area contributed by atoms with Gasteiger partial charge in [-0.2, -0.15) is 0 Å². The lowest BCUT2D eigenvalue weighted by molar-refractivity contribution is -0.116. The highest BCUT2D eigenvalue weighted by atomic mass is 16.2. The van der Waals surface area contributed by atoms with E-state index in [0.717, 1.165) is 23.8 Å². The van der Waals surface area contributed by atoms with Gasteiger partial charge in [0, 0.05) is 31.8 Å². The molecular formula is C21H25N5O4. The maximum absolute atomic E-state index is 12.7. The number of anilines is 1. The molecule has 0 spiro atoms. The van der Waals surface area contributed by atoms with E-state index in [1.165, 1.54) is 29.6 Å². The molecule has 2 heterocycles. The molecule has 2 aromatic heterocycles. The number of hydrogen-bond donors (Lipinski definition) is 1. The van der Waals surface area contributed by atoms with Gasteiger partial charge in [-0.05, 0) is 30.7 Å². The number of rotatable bonds is 8. The summed E-state index contributed by atoms with van der Waals surface area (Å²) in [4.78, 5) is 53.2. The molecule has 1 aromatic carbocycles. The average molecular weight is 411 g/mol. The van der Waals surface area contributed by atoms with Crippen molar-refractivity contribution in [3.05, 3.63) is 57.0 Å². The van der Waals surface area contributed by atoms with E-state index in [1.54, 1.807) is 24.3 Å². The number of Topliss-reactive ketones (excluding diaryl/α,β-unsaturated/α-hetero) is 1. The Bertz CT molecular complexity index is 1200. The zero-order valence-corrected chi connectivity index (χ0v) is 17.3. The Morgan fingerprint density at radius 2 is 1.73 bits per heavy atom. The van der Waals surface area contributed by atoms with Crippen LogP contribution in [0.3, 0.4) is 0 Å². The van der Waals surface area contributed by atoms with E-state index in [-0.39, 0.29) is 29.4 Å². The van der Waals surface area contributed by atoms with E-state index in [0.29, 0.717) is 17.7 Å². The summed E-state index contributed by atoms with van der Waals surface area (Å²) in [5.41, 5.74) is 0.532. The van der Waals surface area contributed by atoms with E-state index in [2.05, 4.69) is 17.2 Å². The molecule has 3 rings (SSSR count). The monoisotopic (exact) mass is 411 g/mol. The Labute approximate surface area is 173 Å².